The number of likely N-dealkylation sites (N-methyl/N-ethyl adjacent to an activating group) is 1. The molecule has 1 fully saturated rings. The van der Waals surface area contributed by atoms with Gasteiger partial charge in [-0.3, -0.25) is 4.79 Å². The van der Waals surface area contributed by atoms with Crippen LogP contribution in [0.25, 0.3) is 0 Å². The van der Waals surface area contributed by atoms with Crippen molar-refractivity contribution in [3.63, 3.8) is 0 Å². The second kappa shape index (κ2) is 7.46. The van der Waals surface area contributed by atoms with Crippen molar-refractivity contribution in [2.75, 3.05) is 13.7 Å². The molecule has 1 aliphatic carbocycles. The molecular formula is C17H26N2O2. The Morgan fingerprint density at radius 2 is 2.05 bits per heavy atom. The van der Waals surface area contributed by atoms with Gasteiger partial charge in [-0.2, -0.15) is 0 Å². The zero-order chi connectivity index (χ0) is 15.2. The Bertz CT molecular complexity index is 458. The van der Waals surface area contributed by atoms with E-state index in [9.17, 15) is 4.79 Å². The standard InChI is InChI=1S/C17H26N2O2/c1-13-4-3-5-15(10-13)19(2)17(20)12-21-16-8-6-14(11-18)7-9-16/h6-9,13,15H,3-5,10-12,18H2,1-2H3. The van der Waals surface area contributed by atoms with Crippen LogP contribution in [0.3, 0.4) is 0 Å². The maximum atomic E-state index is 12.2. The summed E-state index contributed by atoms with van der Waals surface area (Å²) in [6.45, 7) is 2.88. The first-order chi connectivity index (χ1) is 10.1. The number of hydrogen-bond acceptors (Lipinski definition) is 3. The minimum atomic E-state index is 0.0528. The molecular weight excluding hydrogens is 264 g/mol. The molecule has 0 spiro atoms. The monoisotopic (exact) mass is 290 g/mol. The topological polar surface area (TPSA) is 55.6 Å². The Hall–Kier alpha value is -1.55. The Kier molecular flexibility index (Phi) is 5.62. The van der Waals surface area contributed by atoms with E-state index < -0.39 is 0 Å². The number of ether oxygens (including phenoxy) is 1. The molecule has 4 nitrogen and oxygen atoms in total. The predicted molar refractivity (Wildman–Crippen MR) is 84.0 cm³/mol. The molecule has 0 radical (unpaired) electrons. The minimum absolute atomic E-state index is 0.0528. The summed E-state index contributed by atoms with van der Waals surface area (Å²) in [6.07, 6.45) is 4.71. The summed E-state index contributed by atoms with van der Waals surface area (Å²) in [5, 5.41) is 0. The van der Waals surface area contributed by atoms with E-state index >= 15 is 0 Å². The molecule has 21 heavy (non-hydrogen) atoms. The van der Waals surface area contributed by atoms with Crippen molar-refractivity contribution >= 4 is 5.91 Å². The molecule has 116 valence electrons. The van der Waals surface area contributed by atoms with E-state index in [1.54, 1.807) is 0 Å². The Balaban J connectivity index is 1.82. The fraction of sp³-hybridized carbons (Fsp3) is 0.588. The van der Waals surface area contributed by atoms with Crippen molar-refractivity contribution in [3.8, 4) is 5.75 Å². The average Bonchev–Trinajstić information content (AvgIpc) is 2.52. The number of amides is 1. The molecule has 0 saturated heterocycles. The largest absolute Gasteiger partial charge is 0.484 e. The van der Waals surface area contributed by atoms with Crippen LogP contribution in [0.5, 0.6) is 5.75 Å². The Labute approximate surface area is 127 Å². The first-order valence-electron chi connectivity index (χ1n) is 7.77. The lowest BCUT2D eigenvalue weighted by molar-refractivity contribution is -0.135. The summed E-state index contributed by atoms with van der Waals surface area (Å²) in [6, 6.07) is 7.93. The first-order valence-corrected chi connectivity index (χ1v) is 7.77. The van der Waals surface area contributed by atoms with Gasteiger partial charge in [0, 0.05) is 19.6 Å². The van der Waals surface area contributed by atoms with Crippen molar-refractivity contribution in [1.82, 2.24) is 4.90 Å². The van der Waals surface area contributed by atoms with E-state index in [4.69, 9.17) is 10.5 Å². The highest BCUT2D eigenvalue weighted by atomic mass is 16.5. The number of nitrogens with two attached hydrogens (primary N) is 1. The lowest BCUT2D eigenvalue weighted by Crippen LogP contribution is -2.42. The molecule has 1 aliphatic rings. The Morgan fingerprint density at radius 3 is 2.67 bits per heavy atom. The van der Waals surface area contributed by atoms with Crippen LogP contribution in [0.1, 0.15) is 38.2 Å². The molecule has 0 aliphatic heterocycles. The smallest absolute Gasteiger partial charge is 0.260 e. The fourth-order valence-electron chi connectivity index (χ4n) is 2.93. The summed E-state index contributed by atoms with van der Waals surface area (Å²) < 4.78 is 5.57. The van der Waals surface area contributed by atoms with Gasteiger partial charge in [0.15, 0.2) is 6.61 Å². The summed E-state index contributed by atoms with van der Waals surface area (Å²) >= 11 is 0. The molecule has 2 unspecified atom stereocenters. The predicted octanol–water partition coefficient (Wildman–Crippen LogP) is 2.56. The molecule has 0 aromatic heterocycles. The molecule has 0 bridgehead atoms. The molecule has 2 N–H and O–H groups in total. The summed E-state index contributed by atoms with van der Waals surface area (Å²) in [4.78, 5) is 14.1. The van der Waals surface area contributed by atoms with E-state index in [2.05, 4.69) is 6.92 Å². The van der Waals surface area contributed by atoms with Gasteiger partial charge in [-0.25, -0.2) is 0 Å². The number of nitrogens with zero attached hydrogens (tertiary/aromatic N) is 1. The maximum absolute atomic E-state index is 12.2. The van der Waals surface area contributed by atoms with Gasteiger partial charge < -0.3 is 15.4 Å². The van der Waals surface area contributed by atoms with Crippen LogP contribution in [0.15, 0.2) is 24.3 Å². The number of carbonyl (C=O) groups excluding carboxylic acids is 1. The summed E-state index contributed by atoms with van der Waals surface area (Å²) in [5.74, 6) is 1.48. The summed E-state index contributed by atoms with van der Waals surface area (Å²) in [5.41, 5.74) is 6.61. The van der Waals surface area contributed by atoms with Crippen molar-refractivity contribution in [2.45, 2.75) is 45.2 Å². The van der Waals surface area contributed by atoms with Crippen LogP contribution >= 0.6 is 0 Å². The van der Waals surface area contributed by atoms with Gasteiger partial charge in [0.25, 0.3) is 5.91 Å². The van der Waals surface area contributed by atoms with Crippen molar-refractivity contribution < 1.29 is 9.53 Å². The number of rotatable bonds is 5. The second-order valence-corrected chi connectivity index (χ2v) is 6.07. The fourth-order valence-corrected chi connectivity index (χ4v) is 2.93. The second-order valence-electron chi connectivity index (χ2n) is 6.07. The quantitative estimate of drug-likeness (QED) is 0.906. The van der Waals surface area contributed by atoms with E-state index in [0.29, 0.717) is 24.3 Å². The first kappa shape index (κ1) is 15.8. The number of hydrogen-bond donors (Lipinski definition) is 1. The van der Waals surface area contributed by atoms with Gasteiger partial charge in [0.1, 0.15) is 5.75 Å². The van der Waals surface area contributed by atoms with Crippen LogP contribution in [0.4, 0.5) is 0 Å². The zero-order valence-electron chi connectivity index (χ0n) is 13.0. The van der Waals surface area contributed by atoms with Gasteiger partial charge in [0.05, 0.1) is 0 Å². The van der Waals surface area contributed by atoms with Gasteiger partial charge in [-0.15, -0.1) is 0 Å². The third kappa shape index (κ3) is 4.46. The summed E-state index contributed by atoms with van der Waals surface area (Å²) in [7, 11) is 1.89. The Morgan fingerprint density at radius 1 is 1.33 bits per heavy atom. The van der Waals surface area contributed by atoms with Crippen LogP contribution in [0, 0.1) is 5.92 Å². The normalized spacial score (nSPS) is 21.9. The lowest BCUT2D eigenvalue weighted by atomic mass is 9.86. The van der Waals surface area contributed by atoms with Crippen molar-refractivity contribution in [3.05, 3.63) is 29.8 Å². The molecule has 1 saturated carbocycles. The molecule has 0 heterocycles. The minimum Gasteiger partial charge on any atom is -0.484 e. The van der Waals surface area contributed by atoms with E-state index in [-0.39, 0.29) is 12.5 Å². The van der Waals surface area contributed by atoms with Gasteiger partial charge >= 0.3 is 0 Å². The van der Waals surface area contributed by atoms with E-state index in [0.717, 1.165) is 18.4 Å². The number of carbonyl (C=O) groups is 1. The molecule has 1 amide bonds. The van der Waals surface area contributed by atoms with Crippen LogP contribution in [-0.2, 0) is 11.3 Å². The number of benzene rings is 1. The molecule has 2 atom stereocenters. The van der Waals surface area contributed by atoms with Gasteiger partial charge in [0.2, 0.25) is 0 Å². The van der Waals surface area contributed by atoms with E-state index in [1.165, 1.54) is 12.8 Å². The molecule has 4 heteroatoms. The van der Waals surface area contributed by atoms with E-state index in [1.807, 2.05) is 36.2 Å². The van der Waals surface area contributed by atoms with Gasteiger partial charge in [-0.05, 0) is 36.5 Å². The third-order valence-corrected chi connectivity index (χ3v) is 4.37. The lowest BCUT2D eigenvalue weighted by Gasteiger charge is -2.34. The highest BCUT2D eigenvalue weighted by molar-refractivity contribution is 5.77. The van der Waals surface area contributed by atoms with Crippen molar-refractivity contribution in [1.29, 1.82) is 0 Å². The SMILES string of the molecule is CC1CCCC(N(C)C(=O)COc2ccc(CN)cc2)C1. The molecule has 1 aromatic rings. The van der Waals surface area contributed by atoms with Crippen LogP contribution in [0.2, 0.25) is 0 Å². The highest BCUT2D eigenvalue weighted by Gasteiger charge is 2.25. The molecule has 2 rings (SSSR count). The maximum Gasteiger partial charge on any atom is 0.260 e. The van der Waals surface area contributed by atoms with Gasteiger partial charge in [-0.1, -0.05) is 31.9 Å². The highest BCUT2D eigenvalue weighted by Crippen LogP contribution is 2.26. The zero-order valence-corrected chi connectivity index (χ0v) is 13.0. The van der Waals surface area contributed by atoms with Crippen molar-refractivity contribution in [2.24, 2.45) is 11.7 Å². The van der Waals surface area contributed by atoms with Crippen LogP contribution < -0.4 is 10.5 Å². The molecule has 1 aromatic carbocycles. The average molecular weight is 290 g/mol. The third-order valence-electron chi connectivity index (χ3n) is 4.37. The van der Waals surface area contributed by atoms with Crippen LogP contribution in [-0.4, -0.2) is 30.5 Å².